The molecule has 3 nitrogen and oxygen atoms in total. The number of oxazole rings is 1. The summed E-state index contributed by atoms with van der Waals surface area (Å²) in [7, 11) is 0. The average molecular weight is 240 g/mol. The van der Waals surface area contributed by atoms with Crippen molar-refractivity contribution in [2.75, 3.05) is 6.61 Å². The quantitative estimate of drug-likeness (QED) is 0.831. The number of aryl methyl sites for hydroxylation is 1. The van der Waals surface area contributed by atoms with Crippen molar-refractivity contribution in [2.45, 2.75) is 13.8 Å². The van der Waals surface area contributed by atoms with E-state index in [4.69, 9.17) is 21.1 Å². The molecule has 1 aromatic carbocycles. The minimum absolute atomic E-state index is 0.250. The Bertz CT molecular complexity index is 423. The lowest BCUT2D eigenvalue weighted by molar-refractivity contribution is 0.318. The molecule has 1 heterocycles. The van der Waals surface area contributed by atoms with E-state index in [0.717, 1.165) is 11.3 Å². The lowest BCUT2D eigenvalue weighted by Gasteiger charge is -1.94. The number of aliphatic hydroxyl groups is 1. The van der Waals surface area contributed by atoms with Gasteiger partial charge in [-0.15, -0.1) is 0 Å². The number of hydrogen-bond acceptors (Lipinski definition) is 3. The van der Waals surface area contributed by atoms with E-state index in [0.29, 0.717) is 10.9 Å². The zero-order chi connectivity index (χ0) is 12.0. The molecule has 2 aromatic rings. The molecule has 0 saturated carbocycles. The highest BCUT2D eigenvalue weighted by Crippen LogP contribution is 2.20. The van der Waals surface area contributed by atoms with E-state index in [9.17, 15) is 0 Å². The smallest absolute Gasteiger partial charge is 0.226 e. The van der Waals surface area contributed by atoms with Gasteiger partial charge in [0.05, 0.1) is 6.20 Å². The van der Waals surface area contributed by atoms with Gasteiger partial charge in [-0.3, -0.25) is 0 Å². The molecule has 0 aliphatic carbocycles. The third-order valence-electron chi connectivity index (χ3n) is 1.71. The van der Waals surface area contributed by atoms with Gasteiger partial charge in [-0.2, -0.15) is 0 Å². The summed E-state index contributed by atoms with van der Waals surface area (Å²) in [6.07, 6.45) is 1.70. The Balaban J connectivity index is 0.000000386. The molecule has 4 heteroatoms. The van der Waals surface area contributed by atoms with E-state index in [-0.39, 0.29) is 6.61 Å². The van der Waals surface area contributed by atoms with Crippen molar-refractivity contribution in [1.82, 2.24) is 4.98 Å². The first-order valence-electron chi connectivity index (χ1n) is 4.96. The molecule has 0 saturated heterocycles. The Labute approximate surface area is 99.7 Å². The fraction of sp³-hybridized carbons (Fsp3) is 0.250. The van der Waals surface area contributed by atoms with Gasteiger partial charge >= 0.3 is 0 Å². The number of hydrogen-bond donors (Lipinski definition) is 1. The van der Waals surface area contributed by atoms with E-state index in [1.165, 1.54) is 0 Å². The van der Waals surface area contributed by atoms with Crippen molar-refractivity contribution in [3.63, 3.8) is 0 Å². The molecule has 86 valence electrons. The summed E-state index contributed by atoms with van der Waals surface area (Å²) in [4.78, 5) is 4.11. The summed E-state index contributed by atoms with van der Waals surface area (Å²) in [5, 5.41) is 8.28. The Morgan fingerprint density at radius 2 is 1.88 bits per heavy atom. The molecule has 0 aliphatic rings. The molecule has 16 heavy (non-hydrogen) atoms. The molecule has 0 atom stereocenters. The molecule has 0 amide bonds. The van der Waals surface area contributed by atoms with Gasteiger partial charge in [-0.25, -0.2) is 4.98 Å². The van der Waals surface area contributed by atoms with Crippen LogP contribution >= 0.6 is 11.6 Å². The van der Waals surface area contributed by atoms with Crippen LogP contribution in [0.2, 0.25) is 5.02 Å². The summed E-state index contributed by atoms with van der Waals surface area (Å²) >= 11 is 5.75. The van der Waals surface area contributed by atoms with Crippen LogP contribution in [-0.2, 0) is 0 Å². The molecule has 0 aliphatic heterocycles. The molecule has 0 spiro atoms. The molecular formula is C12H14ClNO2. The minimum atomic E-state index is 0.250. The topological polar surface area (TPSA) is 46.3 Å². The molecule has 1 N–H and O–H groups in total. The number of benzene rings is 1. The highest BCUT2D eigenvalue weighted by Gasteiger charge is 2.02. The Hall–Kier alpha value is -1.32. The van der Waals surface area contributed by atoms with Gasteiger partial charge in [0.1, 0.15) is 5.76 Å². The van der Waals surface area contributed by atoms with Gasteiger partial charge in [0, 0.05) is 17.2 Å². The maximum atomic E-state index is 7.57. The zero-order valence-electron chi connectivity index (χ0n) is 9.27. The highest BCUT2D eigenvalue weighted by molar-refractivity contribution is 6.30. The standard InChI is InChI=1S/C10H8ClNO.C2H6O/c1-7-6-12-10(13-7)8-2-4-9(11)5-3-8;1-2-3/h2-6H,1H3;3H,2H2,1H3. The van der Waals surface area contributed by atoms with Crippen LogP contribution in [0.4, 0.5) is 0 Å². The van der Waals surface area contributed by atoms with Gasteiger partial charge in [-0.1, -0.05) is 11.6 Å². The summed E-state index contributed by atoms with van der Waals surface area (Å²) in [6.45, 7) is 3.80. The monoisotopic (exact) mass is 239 g/mol. The predicted molar refractivity (Wildman–Crippen MR) is 64.4 cm³/mol. The average Bonchev–Trinajstić information content (AvgIpc) is 2.67. The van der Waals surface area contributed by atoms with E-state index in [2.05, 4.69) is 4.98 Å². The molecule has 1 aromatic heterocycles. The van der Waals surface area contributed by atoms with Crippen LogP contribution in [0.1, 0.15) is 12.7 Å². The van der Waals surface area contributed by atoms with Crippen LogP contribution < -0.4 is 0 Å². The highest BCUT2D eigenvalue weighted by atomic mass is 35.5. The van der Waals surface area contributed by atoms with Crippen LogP contribution in [-0.4, -0.2) is 16.7 Å². The fourth-order valence-electron chi connectivity index (χ4n) is 1.08. The number of nitrogens with zero attached hydrogens (tertiary/aromatic N) is 1. The fourth-order valence-corrected chi connectivity index (χ4v) is 1.21. The second-order valence-corrected chi connectivity index (χ2v) is 3.54. The Morgan fingerprint density at radius 3 is 2.31 bits per heavy atom. The van der Waals surface area contributed by atoms with Crippen LogP contribution in [0.5, 0.6) is 0 Å². The predicted octanol–water partition coefficient (Wildman–Crippen LogP) is 3.30. The number of rotatable bonds is 1. The first-order valence-corrected chi connectivity index (χ1v) is 5.34. The normalized spacial score (nSPS) is 9.50. The number of halogens is 1. The van der Waals surface area contributed by atoms with Gasteiger partial charge in [0.2, 0.25) is 5.89 Å². The van der Waals surface area contributed by atoms with E-state index in [1.807, 2.05) is 31.2 Å². The van der Waals surface area contributed by atoms with Crippen molar-refractivity contribution in [1.29, 1.82) is 0 Å². The third kappa shape index (κ3) is 3.68. The van der Waals surface area contributed by atoms with Crippen LogP contribution in [0.3, 0.4) is 0 Å². The van der Waals surface area contributed by atoms with Gasteiger partial charge in [0.15, 0.2) is 0 Å². The molecule has 0 fully saturated rings. The Kier molecular flexibility index (Phi) is 5.02. The lowest BCUT2D eigenvalue weighted by Crippen LogP contribution is -1.74. The maximum absolute atomic E-state index is 7.57. The number of aliphatic hydroxyl groups excluding tert-OH is 1. The zero-order valence-corrected chi connectivity index (χ0v) is 10.0. The van der Waals surface area contributed by atoms with Gasteiger partial charge in [-0.05, 0) is 38.1 Å². The van der Waals surface area contributed by atoms with Crippen LogP contribution in [0, 0.1) is 6.92 Å². The second-order valence-electron chi connectivity index (χ2n) is 3.10. The summed E-state index contributed by atoms with van der Waals surface area (Å²) in [5.41, 5.74) is 0.942. The van der Waals surface area contributed by atoms with Crippen molar-refractivity contribution < 1.29 is 9.52 Å². The van der Waals surface area contributed by atoms with E-state index in [1.54, 1.807) is 13.1 Å². The maximum Gasteiger partial charge on any atom is 0.226 e. The molecule has 0 radical (unpaired) electrons. The largest absolute Gasteiger partial charge is 0.441 e. The first-order chi connectivity index (χ1) is 7.67. The third-order valence-corrected chi connectivity index (χ3v) is 1.96. The summed E-state index contributed by atoms with van der Waals surface area (Å²) in [6, 6.07) is 7.40. The second kappa shape index (κ2) is 6.30. The molecule has 0 unspecified atom stereocenters. The van der Waals surface area contributed by atoms with E-state index < -0.39 is 0 Å². The SMILES string of the molecule is CCO.Cc1cnc(-c2ccc(Cl)cc2)o1. The van der Waals surface area contributed by atoms with Gasteiger partial charge in [0.25, 0.3) is 0 Å². The lowest BCUT2D eigenvalue weighted by atomic mass is 10.2. The molecule has 0 bridgehead atoms. The van der Waals surface area contributed by atoms with E-state index >= 15 is 0 Å². The van der Waals surface area contributed by atoms with Crippen LogP contribution in [0.25, 0.3) is 11.5 Å². The van der Waals surface area contributed by atoms with Crippen molar-refractivity contribution in [3.05, 3.63) is 41.2 Å². The van der Waals surface area contributed by atoms with Crippen LogP contribution in [0.15, 0.2) is 34.9 Å². The summed E-state index contributed by atoms with van der Waals surface area (Å²) in [5.74, 6) is 1.44. The van der Waals surface area contributed by atoms with Crippen molar-refractivity contribution in [2.24, 2.45) is 0 Å². The first kappa shape index (κ1) is 12.7. The molecular weight excluding hydrogens is 226 g/mol. The van der Waals surface area contributed by atoms with Crippen molar-refractivity contribution >= 4 is 11.6 Å². The van der Waals surface area contributed by atoms with Crippen molar-refractivity contribution in [3.8, 4) is 11.5 Å². The van der Waals surface area contributed by atoms with Gasteiger partial charge < -0.3 is 9.52 Å². The Morgan fingerprint density at radius 1 is 1.31 bits per heavy atom. The summed E-state index contributed by atoms with van der Waals surface area (Å²) < 4.78 is 5.36. The number of aromatic nitrogens is 1. The molecule has 2 rings (SSSR count). The minimum Gasteiger partial charge on any atom is -0.441 e.